The topological polar surface area (TPSA) is 64.9 Å². The van der Waals surface area contributed by atoms with Gasteiger partial charge in [-0.05, 0) is 24.3 Å². The lowest BCUT2D eigenvalue weighted by Gasteiger charge is -2.26. The second kappa shape index (κ2) is 6.39. The average Bonchev–Trinajstić information content (AvgIpc) is 3.05. The molecule has 0 bridgehead atoms. The molecule has 2 N–H and O–H groups in total. The predicted molar refractivity (Wildman–Crippen MR) is 81.8 cm³/mol. The van der Waals surface area contributed by atoms with E-state index in [1.165, 1.54) is 25.7 Å². The summed E-state index contributed by atoms with van der Waals surface area (Å²) in [5, 5.41) is 4.19. The minimum atomic E-state index is -0.335. The number of hydrogen-bond acceptors (Lipinski definition) is 4. The molecule has 1 heterocycles. The Labute approximate surface area is 125 Å². The number of aromatic nitrogens is 2. The summed E-state index contributed by atoms with van der Waals surface area (Å²) in [5.41, 5.74) is 7.22. The summed E-state index contributed by atoms with van der Waals surface area (Å²) in [4.78, 5) is 4.58. The van der Waals surface area contributed by atoms with E-state index in [2.05, 4.69) is 17.1 Å². The molecule has 3 atom stereocenters. The van der Waals surface area contributed by atoms with Gasteiger partial charge in [0.1, 0.15) is 6.04 Å². The van der Waals surface area contributed by atoms with Gasteiger partial charge < -0.3 is 10.3 Å². The van der Waals surface area contributed by atoms with Crippen LogP contribution in [0.15, 0.2) is 34.9 Å². The highest BCUT2D eigenvalue weighted by molar-refractivity contribution is 5.23. The normalized spacial score (nSPS) is 23.9. The van der Waals surface area contributed by atoms with Gasteiger partial charge in [0.05, 0.1) is 0 Å². The van der Waals surface area contributed by atoms with Crippen LogP contribution in [-0.4, -0.2) is 10.1 Å². The van der Waals surface area contributed by atoms with Crippen molar-refractivity contribution in [2.75, 3.05) is 0 Å². The Balaban J connectivity index is 1.74. The van der Waals surface area contributed by atoms with Gasteiger partial charge in [0, 0.05) is 5.92 Å². The van der Waals surface area contributed by atoms with Crippen LogP contribution in [0, 0.1) is 5.92 Å². The van der Waals surface area contributed by atoms with Gasteiger partial charge in [0.25, 0.3) is 0 Å². The van der Waals surface area contributed by atoms with Crippen molar-refractivity contribution in [2.45, 2.75) is 51.0 Å². The molecular formula is C17H23N3O. The molecule has 1 aliphatic rings. The standard InChI is InChI=1S/C17H23N3O/c1-2-12-7-6-10-14(11-12)16-19-17(21-20-16)15(18)13-8-4-3-5-9-13/h3-5,8-9,12,14-15H,2,6-7,10-11,18H2,1H3/t12?,14?,15-/m1/s1. The number of nitrogens with two attached hydrogens (primary N) is 1. The van der Waals surface area contributed by atoms with Crippen LogP contribution in [0.4, 0.5) is 0 Å². The molecule has 0 saturated heterocycles. The molecule has 1 saturated carbocycles. The van der Waals surface area contributed by atoms with Crippen molar-refractivity contribution >= 4 is 0 Å². The zero-order chi connectivity index (χ0) is 14.7. The molecule has 1 aliphatic carbocycles. The van der Waals surface area contributed by atoms with Gasteiger partial charge in [-0.2, -0.15) is 4.98 Å². The van der Waals surface area contributed by atoms with Crippen LogP contribution in [0.2, 0.25) is 0 Å². The van der Waals surface area contributed by atoms with E-state index in [4.69, 9.17) is 10.3 Å². The molecule has 21 heavy (non-hydrogen) atoms. The Kier molecular flexibility index (Phi) is 4.34. The fourth-order valence-electron chi connectivity index (χ4n) is 3.24. The van der Waals surface area contributed by atoms with Gasteiger partial charge in [0.15, 0.2) is 5.82 Å². The van der Waals surface area contributed by atoms with Gasteiger partial charge in [-0.25, -0.2) is 0 Å². The zero-order valence-electron chi connectivity index (χ0n) is 12.5. The Morgan fingerprint density at radius 2 is 2.10 bits per heavy atom. The van der Waals surface area contributed by atoms with Gasteiger partial charge >= 0.3 is 0 Å². The third-order valence-corrected chi connectivity index (χ3v) is 4.61. The third kappa shape index (κ3) is 3.16. The van der Waals surface area contributed by atoms with Crippen LogP contribution in [0.1, 0.15) is 68.3 Å². The highest BCUT2D eigenvalue weighted by Gasteiger charge is 2.27. The van der Waals surface area contributed by atoms with Crippen molar-refractivity contribution in [1.82, 2.24) is 10.1 Å². The molecule has 2 unspecified atom stereocenters. The first kappa shape index (κ1) is 14.3. The summed E-state index contributed by atoms with van der Waals surface area (Å²) < 4.78 is 5.42. The minimum Gasteiger partial charge on any atom is -0.337 e. The smallest absolute Gasteiger partial charge is 0.248 e. The predicted octanol–water partition coefficient (Wildman–Crippen LogP) is 3.80. The minimum absolute atomic E-state index is 0.335. The molecule has 1 aromatic heterocycles. The van der Waals surface area contributed by atoms with Gasteiger partial charge in [-0.15, -0.1) is 0 Å². The maximum Gasteiger partial charge on any atom is 0.248 e. The summed E-state index contributed by atoms with van der Waals surface area (Å²) in [6, 6.07) is 9.56. The van der Waals surface area contributed by atoms with Crippen molar-refractivity contribution in [3.8, 4) is 0 Å². The molecule has 0 amide bonds. The van der Waals surface area contributed by atoms with Gasteiger partial charge in [0.2, 0.25) is 5.89 Å². The van der Waals surface area contributed by atoms with Crippen LogP contribution in [-0.2, 0) is 0 Å². The molecular weight excluding hydrogens is 262 g/mol. The summed E-state index contributed by atoms with van der Waals surface area (Å²) >= 11 is 0. The van der Waals surface area contributed by atoms with E-state index in [0.29, 0.717) is 11.8 Å². The summed E-state index contributed by atoms with van der Waals surface area (Å²) in [5.74, 6) is 2.60. The van der Waals surface area contributed by atoms with Gasteiger partial charge in [-0.1, -0.05) is 61.7 Å². The average molecular weight is 285 g/mol. The van der Waals surface area contributed by atoms with E-state index >= 15 is 0 Å². The molecule has 0 radical (unpaired) electrons. The largest absolute Gasteiger partial charge is 0.337 e. The van der Waals surface area contributed by atoms with E-state index in [1.54, 1.807) is 0 Å². The first-order chi connectivity index (χ1) is 10.3. The van der Waals surface area contributed by atoms with Crippen molar-refractivity contribution in [1.29, 1.82) is 0 Å². The second-order valence-electron chi connectivity index (χ2n) is 6.02. The molecule has 4 heteroatoms. The van der Waals surface area contributed by atoms with E-state index in [0.717, 1.165) is 23.7 Å². The lowest BCUT2D eigenvalue weighted by molar-refractivity contribution is 0.297. The van der Waals surface area contributed by atoms with Crippen molar-refractivity contribution in [3.63, 3.8) is 0 Å². The van der Waals surface area contributed by atoms with Crippen molar-refractivity contribution < 1.29 is 4.52 Å². The van der Waals surface area contributed by atoms with Crippen molar-refractivity contribution in [3.05, 3.63) is 47.6 Å². The van der Waals surface area contributed by atoms with E-state index < -0.39 is 0 Å². The Morgan fingerprint density at radius 3 is 2.86 bits per heavy atom. The highest BCUT2D eigenvalue weighted by Crippen LogP contribution is 2.36. The van der Waals surface area contributed by atoms with E-state index in [-0.39, 0.29) is 6.04 Å². The molecule has 1 aromatic carbocycles. The molecule has 4 nitrogen and oxygen atoms in total. The van der Waals surface area contributed by atoms with E-state index in [9.17, 15) is 0 Å². The van der Waals surface area contributed by atoms with Crippen LogP contribution >= 0.6 is 0 Å². The number of rotatable bonds is 4. The Bertz CT molecular complexity index is 566. The highest BCUT2D eigenvalue weighted by atomic mass is 16.5. The van der Waals surface area contributed by atoms with E-state index in [1.807, 2.05) is 30.3 Å². The lowest BCUT2D eigenvalue weighted by Crippen LogP contribution is -2.15. The maximum absolute atomic E-state index is 6.22. The van der Waals surface area contributed by atoms with Crippen molar-refractivity contribution in [2.24, 2.45) is 11.7 Å². The zero-order valence-corrected chi connectivity index (χ0v) is 12.5. The quantitative estimate of drug-likeness (QED) is 0.928. The monoisotopic (exact) mass is 285 g/mol. The maximum atomic E-state index is 6.22. The molecule has 3 rings (SSSR count). The number of benzene rings is 1. The molecule has 2 aromatic rings. The van der Waals surface area contributed by atoms with Crippen LogP contribution in [0.25, 0.3) is 0 Å². The molecule has 0 spiro atoms. The van der Waals surface area contributed by atoms with Crippen LogP contribution in [0.3, 0.4) is 0 Å². The summed E-state index contributed by atoms with van der Waals surface area (Å²) in [6.07, 6.45) is 6.18. The summed E-state index contributed by atoms with van der Waals surface area (Å²) in [7, 11) is 0. The Morgan fingerprint density at radius 1 is 1.29 bits per heavy atom. The van der Waals surface area contributed by atoms with Crippen LogP contribution in [0.5, 0.6) is 0 Å². The number of nitrogens with zero attached hydrogens (tertiary/aromatic N) is 2. The lowest BCUT2D eigenvalue weighted by atomic mass is 9.80. The number of hydrogen-bond donors (Lipinski definition) is 1. The summed E-state index contributed by atoms with van der Waals surface area (Å²) in [6.45, 7) is 2.26. The molecule has 1 fully saturated rings. The fourth-order valence-corrected chi connectivity index (χ4v) is 3.24. The van der Waals surface area contributed by atoms with Crippen LogP contribution < -0.4 is 5.73 Å². The Hall–Kier alpha value is -1.68. The fraction of sp³-hybridized carbons (Fsp3) is 0.529. The first-order valence-corrected chi connectivity index (χ1v) is 7.92. The molecule has 0 aliphatic heterocycles. The third-order valence-electron chi connectivity index (χ3n) is 4.61. The molecule has 112 valence electrons. The second-order valence-corrected chi connectivity index (χ2v) is 6.02. The first-order valence-electron chi connectivity index (χ1n) is 7.92. The SMILES string of the molecule is CCC1CCCC(c2noc([C@H](N)c3ccccc3)n2)C1. The van der Waals surface area contributed by atoms with Gasteiger partial charge in [-0.3, -0.25) is 0 Å².